The Bertz CT molecular complexity index is 539. The summed E-state index contributed by atoms with van der Waals surface area (Å²) in [6.07, 6.45) is 1.73. The summed E-state index contributed by atoms with van der Waals surface area (Å²) in [5.41, 5.74) is 8.64. The molecule has 1 heterocycles. The number of carbonyl (C=O) groups excluding carboxylic acids is 1. The van der Waals surface area contributed by atoms with Crippen molar-refractivity contribution in [2.24, 2.45) is 11.1 Å². The molecular weight excluding hydrogens is 290 g/mol. The van der Waals surface area contributed by atoms with Gasteiger partial charge in [0.15, 0.2) is 0 Å². The topological polar surface area (TPSA) is 67.6 Å². The number of alkyl carbamates (subject to hydrolysis) is 1. The van der Waals surface area contributed by atoms with E-state index in [0.717, 1.165) is 30.6 Å². The molecule has 0 spiro atoms. The van der Waals surface area contributed by atoms with Crippen molar-refractivity contribution >= 4 is 11.8 Å². The van der Waals surface area contributed by atoms with Gasteiger partial charge in [-0.25, -0.2) is 4.79 Å². The van der Waals surface area contributed by atoms with Crippen molar-refractivity contribution < 1.29 is 9.53 Å². The summed E-state index contributed by atoms with van der Waals surface area (Å²) in [6.45, 7) is 8.12. The Labute approximate surface area is 139 Å². The minimum Gasteiger partial charge on any atom is -0.453 e. The van der Waals surface area contributed by atoms with Crippen LogP contribution in [0.3, 0.4) is 0 Å². The van der Waals surface area contributed by atoms with Crippen LogP contribution in [-0.4, -0.2) is 31.8 Å². The van der Waals surface area contributed by atoms with Crippen LogP contribution >= 0.6 is 0 Å². The number of amides is 1. The van der Waals surface area contributed by atoms with Gasteiger partial charge in [-0.3, -0.25) is 0 Å². The maximum absolute atomic E-state index is 11.4. The number of anilines is 1. The number of benzene rings is 1. The molecule has 2 atom stereocenters. The fourth-order valence-electron chi connectivity index (χ4n) is 3.35. The molecule has 5 nitrogen and oxygen atoms in total. The summed E-state index contributed by atoms with van der Waals surface area (Å²) >= 11 is 0. The summed E-state index contributed by atoms with van der Waals surface area (Å²) in [5.74, 6) is 0. The summed E-state index contributed by atoms with van der Waals surface area (Å²) in [7, 11) is 1.38. The molecule has 1 fully saturated rings. The van der Waals surface area contributed by atoms with Gasteiger partial charge in [-0.1, -0.05) is 39.0 Å². The molecular formula is C18H29N3O2. The lowest BCUT2D eigenvalue weighted by Crippen LogP contribution is -2.54. The Balaban J connectivity index is 2.28. The summed E-state index contributed by atoms with van der Waals surface area (Å²) < 4.78 is 4.67. The van der Waals surface area contributed by atoms with E-state index in [4.69, 9.17) is 5.73 Å². The zero-order valence-corrected chi connectivity index (χ0v) is 14.6. The van der Waals surface area contributed by atoms with Crippen molar-refractivity contribution in [3.05, 3.63) is 29.8 Å². The van der Waals surface area contributed by atoms with Gasteiger partial charge in [-0.05, 0) is 29.9 Å². The van der Waals surface area contributed by atoms with E-state index in [9.17, 15) is 4.79 Å². The third-order valence-corrected chi connectivity index (χ3v) is 4.53. The Hall–Kier alpha value is -1.75. The van der Waals surface area contributed by atoms with Crippen LogP contribution in [0.2, 0.25) is 0 Å². The highest BCUT2D eigenvalue weighted by molar-refractivity contribution is 5.67. The summed E-state index contributed by atoms with van der Waals surface area (Å²) in [5, 5.41) is 2.77. The van der Waals surface area contributed by atoms with Crippen molar-refractivity contribution in [2.75, 3.05) is 18.6 Å². The van der Waals surface area contributed by atoms with Crippen molar-refractivity contribution in [1.82, 2.24) is 5.32 Å². The Morgan fingerprint density at radius 1 is 1.35 bits per heavy atom. The number of hydrogen-bond acceptors (Lipinski definition) is 4. The lowest BCUT2D eigenvalue weighted by Gasteiger charge is -2.47. The van der Waals surface area contributed by atoms with Crippen molar-refractivity contribution in [3.8, 4) is 0 Å². The van der Waals surface area contributed by atoms with Gasteiger partial charge in [0.05, 0.1) is 7.11 Å². The second kappa shape index (κ2) is 7.21. The first-order valence-electron chi connectivity index (χ1n) is 8.25. The standard InChI is InChI=1S/C18H29N3O2/c1-18(2,3)16-10-9-14(19)12-21(16)15-8-6-5-7-13(15)11-20-17(22)23-4/h5-8,14,16H,9-12,19H2,1-4H3,(H,20,22). The number of piperidine rings is 1. The normalized spacial score (nSPS) is 21.9. The molecule has 2 rings (SSSR count). The first-order valence-corrected chi connectivity index (χ1v) is 8.25. The molecule has 0 aromatic heterocycles. The van der Waals surface area contributed by atoms with E-state index in [1.165, 1.54) is 7.11 Å². The van der Waals surface area contributed by atoms with Gasteiger partial charge >= 0.3 is 6.09 Å². The molecule has 1 aromatic carbocycles. The molecule has 0 saturated carbocycles. The maximum atomic E-state index is 11.4. The zero-order valence-electron chi connectivity index (χ0n) is 14.6. The van der Waals surface area contributed by atoms with Crippen LogP contribution in [0.25, 0.3) is 0 Å². The van der Waals surface area contributed by atoms with E-state index in [2.05, 4.69) is 41.8 Å². The van der Waals surface area contributed by atoms with Crippen LogP contribution in [0.1, 0.15) is 39.2 Å². The number of nitrogens with zero attached hydrogens (tertiary/aromatic N) is 1. The lowest BCUT2D eigenvalue weighted by molar-refractivity contribution is 0.170. The van der Waals surface area contributed by atoms with Crippen LogP contribution in [-0.2, 0) is 11.3 Å². The number of nitrogens with one attached hydrogen (secondary N) is 1. The van der Waals surface area contributed by atoms with E-state index in [-0.39, 0.29) is 11.5 Å². The molecule has 0 radical (unpaired) electrons. The van der Waals surface area contributed by atoms with Crippen LogP contribution < -0.4 is 16.0 Å². The molecule has 128 valence electrons. The van der Waals surface area contributed by atoms with E-state index < -0.39 is 6.09 Å². The first-order chi connectivity index (χ1) is 10.8. The maximum Gasteiger partial charge on any atom is 0.407 e. The van der Waals surface area contributed by atoms with Gasteiger partial charge in [-0.15, -0.1) is 0 Å². The average Bonchev–Trinajstić information content (AvgIpc) is 2.51. The van der Waals surface area contributed by atoms with Gasteiger partial charge in [0.1, 0.15) is 0 Å². The van der Waals surface area contributed by atoms with E-state index >= 15 is 0 Å². The van der Waals surface area contributed by atoms with Crippen molar-refractivity contribution in [2.45, 2.75) is 52.2 Å². The minimum absolute atomic E-state index is 0.170. The molecule has 23 heavy (non-hydrogen) atoms. The molecule has 3 N–H and O–H groups in total. The largest absolute Gasteiger partial charge is 0.453 e. The number of hydrogen-bond donors (Lipinski definition) is 2. The first kappa shape index (κ1) is 17.6. The molecule has 1 aromatic rings. The van der Waals surface area contributed by atoms with Gasteiger partial charge in [0, 0.05) is 30.9 Å². The van der Waals surface area contributed by atoms with Crippen LogP contribution in [0.5, 0.6) is 0 Å². The average molecular weight is 319 g/mol. The Kier molecular flexibility index (Phi) is 5.52. The zero-order chi connectivity index (χ0) is 17.0. The molecule has 2 unspecified atom stereocenters. The number of methoxy groups -OCH3 is 1. The number of para-hydroxylation sites is 1. The SMILES string of the molecule is COC(=O)NCc1ccccc1N1CC(N)CCC1C(C)(C)C. The number of carbonyl (C=O) groups is 1. The third kappa shape index (κ3) is 4.38. The Morgan fingerprint density at radius 2 is 2.04 bits per heavy atom. The molecule has 1 aliphatic heterocycles. The second-order valence-corrected chi connectivity index (χ2v) is 7.35. The molecule has 1 saturated heterocycles. The monoisotopic (exact) mass is 319 g/mol. The minimum atomic E-state index is -0.414. The molecule has 1 aliphatic rings. The fourth-order valence-corrected chi connectivity index (χ4v) is 3.35. The number of rotatable bonds is 3. The third-order valence-electron chi connectivity index (χ3n) is 4.53. The van der Waals surface area contributed by atoms with Gasteiger partial charge in [0.25, 0.3) is 0 Å². The Morgan fingerprint density at radius 3 is 2.70 bits per heavy atom. The van der Waals surface area contributed by atoms with Gasteiger partial charge < -0.3 is 20.7 Å². The van der Waals surface area contributed by atoms with Gasteiger partial charge in [0.2, 0.25) is 0 Å². The van der Waals surface area contributed by atoms with Crippen LogP contribution in [0.4, 0.5) is 10.5 Å². The van der Waals surface area contributed by atoms with E-state index in [1.807, 2.05) is 18.2 Å². The molecule has 0 aliphatic carbocycles. The highest BCUT2D eigenvalue weighted by atomic mass is 16.5. The fraction of sp³-hybridized carbons (Fsp3) is 0.611. The second-order valence-electron chi connectivity index (χ2n) is 7.35. The van der Waals surface area contributed by atoms with Crippen LogP contribution in [0.15, 0.2) is 24.3 Å². The number of ether oxygens (including phenoxy) is 1. The molecule has 1 amide bonds. The van der Waals surface area contributed by atoms with Crippen molar-refractivity contribution in [3.63, 3.8) is 0 Å². The smallest absolute Gasteiger partial charge is 0.407 e. The molecule has 5 heteroatoms. The van der Waals surface area contributed by atoms with Crippen molar-refractivity contribution in [1.29, 1.82) is 0 Å². The summed E-state index contributed by atoms with van der Waals surface area (Å²) in [6, 6.07) is 8.82. The summed E-state index contributed by atoms with van der Waals surface area (Å²) in [4.78, 5) is 13.8. The lowest BCUT2D eigenvalue weighted by atomic mass is 9.79. The van der Waals surface area contributed by atoms with E-state index in [0.29, 0.717) is 12.6 Å². The number of nitrogens with two attached hydrogens (primary N) is 1. The highest BCUT2D eigenvalue weighted by Gasteiger charge is 2.35. The highest BCUT2D eigenvalue weighted by Crippen LogP contribution is 2.36. The predicted molar refractivity (Wildman–Crippen MR) is 93.5 cm³/mol. The van der Waals surface area contributed by atoms with Crippen LogP contribution in [0, 0.1) is 5.41 Å². The molecule has 0 bridgehead atoms. The van der Waals surface area contributed by atoms with Gasteiger partial charge in [-0.2, -0.15) is 0 Å². The van der Waals surface area contributed by atoms with E-state index in [1.54, 1.807) is 0 Å². The predicted octanol–water partition coefficient (Wildman–Crippen LogP) is 2.88. The quantitative estimate of drug-likeness (QED) is 0.899.